The maximum atomic E-state index is 12.6. The van der Waals surface area contributed by atoms with Crippen LogP contribution < -0.4 is 10.1 Å². The van der Waals surface area contributed by atoms with E-state index >= 15 is 0 Å². The number of hydrogen-bond acceptors (Lipinski definition) is 5. The molecule has 3 rings (SSSR count). The Kier molecular flexibility index (Phi) is 6.89. The van der Waals surface area contributed by atoms with Crippen LogP contribution in [0.15, 0.2) is 42.5 Å². The van der Waals surface area contributed by atoms with Gasteiger partial charge in [0, 0.05) is 29.8 Å². The molecule has 2 aromatic rings. The van der Waals surface area contributed by atoms with Gasteiger partial charge in [0.15, 0.2) is 6.61 Å². The molecule has 1 aliphatic rings. The lowest BCUT2D eigenvalue weighted by Gasteiger charge is -2.38. The first kappa shape index (κ1) is 22.3. The average Bonchev–Trinajstić information content (AvgIpc) is 2.73. The molecule has 1 aliphatic heterocycles. The van der Waals surface area contributed by atoms with Crippen LogP contribution in [0.4, 0.5) is 11.4 Å². The lowest BCUT2D eigenvalue weighted by Crippen LogP contribution is -2.49. The van der Waals surface area contributed by atoms with Gasteiger partial charge in [-0.3, -0.25) is 19.7 Å². The van der Waals surface area contributed by atoms with Crippen molar-refractivity contribution in [1.29, 1.82) is 0 Å². The second-order valence-electron chi connectivity index (χ2n) is 7.95. The lowest BCUT2D eigenvalue weighted by molar-refractivity contribution is -0.384. The van der Waals surface area contributed by atoms with Gasteiger partial charge in [-0.1, -0.05) is 6.07 Å². The summed E-state index contributed by atoms with van der Waals surface area (Å²) >= 11 is 0. The van der Waals surface area contributed by atoms with Crippen molar-refractivity contribution in [1.82, 2.24) is 4.90 Å². The van der Waals surface area contributed by atoms with Gasteiger partial charge < -0.3 is 15.0 Å². The quantitative estimate of drug-likeness (QED) is 0.548. The number of benzene rings is 2. The summed E-state index contributed by atoms with van der Waals surface area (Å²) in [7, 11) is 0. The van der Waals surface area contributed by atoms with E-state index in [-0.39, 0.29) is 36.2 Å². The number of carbonyl (C=O) groups excluding carboxylic acids is 2. The Morgan fingerprint density at radius 1 is 1.13 bits per heavy atom. The van der Waals surface area contributed by atoms with Gasteiger partial charge in [-0.25, -0.2) is 0 Å². The standard InChI is InChI=1S/C23H27N3O5/c1-15-7-10-19(26(29)30)13-21(15)24-23(28)18-8-11-20(12-9-18)31-14-22(27)25-16(2)5-4-6-17(25)3/h7-13,16-17H,4-6,14H2,1-3H3,(H,24,28). The van der Waals surface area contributed by atoms with Crippen LogP contribution in [-0.2, 0) is 4.79 Å². The van der Waals surface area contributed by atoms with Gasteiger partial charge in [0.05, 0.1) is 10.6 Å². The van der Waals surface area contributed by atoms with Crippen LogP contribution in [0, 0.1) is 17.0 Å². The van der Waals surface area contributed by atoms with Crippen LogP contribution in [0.2, 0.25) is 0 Å². The number of carbonyl (C=O) groups is 2. The first-order chi connectivity index (χ1) is 14.8. The first-order valence-electron chi connectivity index (χ1n) is 10.4. The summed E-state index contributed by atoms with van der Waals surface area (Å²) in [6, 6.07) is 11.2. The SMILES string of the molecule is Cc1ccc([N+](=O)[O-])cc1NC(=O)c1ccc(OCC(=O)N2C(C)CCCC2C)cc1. The van der Waals surface area contributed by atoms with Gasteiger partial charge in [0.25, 0.3) is 17.5 Å². The molecule has 8 nitrogen and oxygen atoms in total. The van der Waals surface area contributed by atoms with Crippen molar-refractivity contribution in [2.45, 2.75) is 52.1 Å². The number of nitro benzene ring substituents is 1. The summed E-state index contributed by atoms with van der Waals surface area (Å²) in [5.74, 6) is 0.0682. The minimum atomic E-state index is -0.506. The summed E-state index contributed by atoms with van der Waals surface area (Å²) in [5, 5.41) is 13.7. The molecule has 0 radical (unpaired) electrons. The predicted octanol–water partition coefficient (Wildman–Crippen LogP) is 4.32. The molecule has 2 amide bonds. The molecular weight excluding hydrogens is 398 g/mol. The van der Waals surface area contributed by atoms with Gasteiger partial charge in [-0.15, -0.1) is 0 Å². The third kappa shape index (κ3) is 5.39. The monoisotopic (exact) mass is 425 g/mol. The number of anilines is 1. The second-order valence-corrected chi connectivity index (χ2v) is 7.95. The van der Waals surface area contributed by atoms with Crippen molar-refractivity contribution in [2.75, 3.05) is 11.9 Å². The summed E-state index contributed by atoms with van der Waals surface area (Å²) in [6.45, 7) is 5.83. The van der Waals surface area contributed by atoms with E-state index in [4.69, 9.17) is 4.74 Å². The third-order valence-corrected chi connectivity index (χ3v) is 5.64. The number of nitrogens with one attached hydrogen (secondary N) is 1. The van der Waals surface area contributed by atoms with E-state index in [1.807, 2.05) is 4.90 Å². The summed E-state index contributed by atoms with van der Waals surface area (Å²) in [4.78, 5) is 37.4. The number of ether oxygens (including phenoxy) is 1. The van der Waals surface area contributed by atoms with E-state index in [1.165, 1.54) is 12.1 Å². The van der Waals surface area contributed by atoms with Crippen molar-refractivity contribution in [2.24, 2.45) is 0 Å². The number of nitro groups is 1. The zero-order valence-electron chi connectivity index (χ0n) is 18.0. The number of aryl methyl sites for hydroxylation is 1. The fourth-order valence-electron chi connectivity index (χ4n) is 3.89. The first-order valence-corrected chi connectivity index (χ1v) is 10.4. The van der Waals surface area contributed by atoms with Crippen molar-refractivity contribution in [3.8, 4) is 5.75 Å². The number of rotatable bonds is 6. The number of likely N-dealkylation sites (tertiary alicyclic amines) is 1. The van der Waals surface area contributed by atoms with Gasteiger partial charge in [-0.05, 0) is 69.9 Å². The molecule has 0 aromatic heterocycles. The Balaban J connectivity index is 1.60. The molecule has 2 unspecified atom stereocenters. The normalized spacial score (nSPS) is 18.4. The smallest absolute Gasteiger partial charge is 0.271 e. The summed E-state index contributed by atoms with van der Waals surface area (Å²) in [6.07, 6.45) is 3.14. The fraction of sp³-hybridized carbons (Fsp3) is 0.391. The lowest BCUT2D eigenvalue weighted by atomic mass is 9.97. The van der Waals surface area contributed by atoms with E-state index in [2.05, 4.69) is 19.2 Å². The molecule has 2 aromatic carbocycles. The molecule has 0 aliphatic carbocycles. The molecule has 1 N–H and O–H groups in total. The molecule has 0 bridgehead atoms. The largest absolute Gasteiger partial charge is 0.484 e. The topological polar surface area (TPSA) is 102 Å². The molecule has 31 heavy (non-hydrogen) atoms. The zero-order chi connectivity index (χ0) is 22.5. The van der Waals surface area contributed by atoms with Crippen molar-refractivity contribution in [3.63, 3.8) is 0 Å². The molecule has 1 heterocycles. The molecule has 1 saturated heterocycles. The van der Waals surface area contributed by atoms with Gasteiger partial charge in [-0.2, -0.15) is 0 Å². The van der Waals surface area contributed by atoms with E-state index in [0.717, 1.165) is 24.8 Å². The highest BCUT2D eigenvalue weighted by Gasteiger charge is 2.29. The Morgan fingerprint density at radius 2 is 1.77 bits per heavy atom. The van der Waals surface area contributed by atoms with Crippen LogP contribution in [0.5, 0.6) is 5.75 Å². The van der Waals surface area contributed by atoms with E-state index in [0.29, 0.717) is 17.0 Å². The Labute approximate surface area is 181 Å². The van der Waals surface area contributed by atoms with Crippen LogP contribution in [0.25, 0.3) is 0 Å². The van der Waals surface area contributed by atoms with Gasteiger partial charge in [0.2, 0.25) is 0 Å². The molecule has 164 valence electrons. The molecule has 2 atom stereocenters. The molecule has 0 spiro atoms. The zero-order valence-corrected chi connectivity index (χ0v) is 18.0. The Morgan fingerprint density at radius 3 is 2.39 bits per heavy atom. The average molecular weight is 425 g/mol. The highest BCUT2D eigenvalue weighted by Crippen LogP contribution is 2.24. The van der Waals surface area contributed by atoms with Crippen LogP contribution in [0.3, 0.4) is 0 Å². The third-order valence-electron chi connectivity index (χ3n) is 5.64. The van der Waals surface area contributed by atoms with Crippen LogP contribution in [0.1, 0.15) is 49.0 Å². The Bertz CT molecular complexity index is 964. The van der Waals surface area contributed by atoms with Crippen molar-refractivity contribution < 1.29 is 19.2 Å². The molecule has 1 fully saturated rings. The second kappa shape index (κ2) is 9.59. The van der Waals surface area contributed by atoms with E-state index < -0.39 is 4.92 Å². The molecule has 8 heteroatoms. The minimum absolute atomic E-state index is 0.0392. The van der Waals surface area contributed by atoms with E-state index in [1.54, 1.807) is 37.3 Å². The number of non-ortho nitro benzene ring substituents is 1. The summed E-state index contributed by atoms with van der Waals surface area (Å²) in [5.41, 5.74) is 1.39. The van der Waals surface area contributed by atoms with Gasteiger partial charge in [0.1, 0.15) is 5.75 Å². The highest BCUT2D eigenvalue weighted by atomic mass is 16.6. The predicted molar refractivity (Wildman–Crippen MR) is 117 cm³/mol. The number of amides is 2. The van der Waals surface area contributed by atoms with Crippen molar-refractivity contribution in [3.05, 3.63) is 63.7 Å². The Hall–Kier alpha value is -3.42. The number of piperidine rings is 1. The van der Waals surface area contributed by atoms with Gasteiger partial charge >= 0.3 is 0 Å². The molecule has 0 saturated carbocycles. The maximum Gasteiger partial charge on any atom is 0.271 e. The maximum absolute atomic E-state index is 12.6. The number of hydrogen-bond donors (Lipinski definition) is 1. The summed E-state index contributed by atoms with van der Waals surface area (Å²) < 4.78 is 5.63. The van der Waals surface area contributed by atoms with Crippen molar-refractivity contribution >= 4 is 23.2 Å². The minimum Gasteiger partial charge on any atom is -0.484 e. The highest BCUT2D eigenvalue weighted by molar-refractivity contribution is 6.04. The number of nitrogens with zero attached hydrogens (tertiary/aromatic N) is 2. The van der Waals surface area contributed by atoms with E-state index in [9.17, 15) is 19.7 Å². The molecular formula is C23H27N3O5. The fourth-order valence-corrected chi connectivity index (χ4v) is 3.89. The van der Waals surface area contributed by atoms with Crippen LogP contribution >= 0.6 is 0 Å². The van der Waals surface area contributed by atoms with Crippen LogP contribution in [-0.4, -0.2) is 40.3 Å².